The second kappa shape index (κ2) is 9.37. The van der Waals surface area contributed by atoms with Crippen LogP contribution in [0.2, 0.25) is 5.02 Å². The van der Waals surface area contributed by atoms with Gasteiger partial charge in [-0.1, -0.05) is 11.6 Å². The van der Waals surface area contributed by atoms with Gasteiger partial charge >= 0.3 is 0 Å². The summed E-state index contributed by atoms with van der Waals surface area (Å²) in [7, 11) is -1.34. The van der Waals surface area contributed by atoms with Crippen molar-refractivity contribution in [3.63, 3.8) is 0 Å². The minimum absolute atomic E-state index is 0.0506. The van der Waals surface area contributed by atoms with Gasteiger partial charge in [0.1, 0.15) is 5.75 Å². The summed E-state index contributed by atoms with van der Waals surface area (Å²) in [6.07, 6.45) is 3.48. The van der Waals surface area contributed by atoms with E-state index in [0.717, 1.165) is 42.0 Å². The number of hydrogen-bond acceptors (Lipinski definition) is 5. The number of carbonyl (C=O) groups excluding carboxylic acids is 1. The molecule has 4 rings (SSSR count). The topological polar surface area (TPSA) is 67.9 Å². The van der Waals surface area contributed by atoms with Crippen LogP contribution in [0.25, 0.3) is 0 Å². The zero-order valence-electron chi connectivity index (χ0n) is 16.9. The Bertz CT molecular complexity index is 962. The molecule has 160 valence electrons. The molecule has 1 saturated heterocycles. The lowest BCUT2D eigenvalue weighted by Crippen LogP contribution is -2.29. The molecule has 6 nitrogen and oxygen atoms in total. The van der Waals surface area contributed by atoms with Crippen LogP contribution in [-0.2, 0) is 20.3 Å². The Labute approximate surface area is 184 Å². The van der Waals surface area contributed by atoms with Crippen molar-refractivity contribution in [2.24, 2.45) is 0 Å². The van der Waals surface area contributed by atoms with Gasteiger partial charge in [-0.15, -0.1) is 0 Å². The van der Waals surface area contributed by atoms with Gasteiger partial charge in [-0.25, -0.2) is 4.21 Å². The fraction of sp³-hybridized carbons (Fsp3) is 0.409. The van der Waals surface area contributed by atoms with Crippen LogP contribution in [0.5, 0.6) is 5.75 Å². The minimum atomic E-state index is -1.34. The first-order valence-electron chi connectivity index (χ1n) is 10.2. The molecular weight excluding hydrogens is 424 g/mol. The highest BCUT2D eigenvalue weighted by Gasteiger charge is 2.29. The van der Waals surface area contributed by atoms with Gasteiger partial charge in [-0.05, 0) is 55.7 Å². The van der Waals surface area contributed by atoms with Crippen LogP contribution in [-0.4, -0.2) is 36.1 Å². The first-order valence-corrected chi connectivity index (χ1v) is 11.7. The summed E-state index contributed by atoms with van der Waals surface area (Å²) in [6.45, 7) is 3.44. The molecule has 1 N–H and O–H groups in total. The maximum atomic E-state index is 13.3. The number of nitrogens with zero attached hydrogens (tertiary/aromatic N) is 1. The van der Waals surface area contributed by atoms with Crippen LogP contribution < -0.4 is 15.0 Å². The van der Waals surface area contributed by atoms with Crippen LogP contribution in [0.15, 0.2) is 46.2 Å². The highest BCUT2D eigenvalue weighted by atomic mass is 35.5. The predicted molar refractivity (Wildman–Crippen MR) is 117 cm³/mol. The Kier molecular flexibility index (Phi) is 6.61. The fourth-order valence-corrected chi connectivity index (χ4v) is 5.29. The van der Waals surface area contributed by atoms with Crippen LogP contribution >= 0.6 is 11.6 Å². The fourth-order valence-electron chi connectivity index (χ4n) is 3.74. The van der Waals surface area contributed by atoms with E-state index < -0.39 is 10.8 Å². The molecule has 0 radical (unpaired) electrons. The van der Waals surface area contributed by atoms with Gasteiger partial charge in [0.25, 0.3) is 0 Å². The first-order chi connectivity index (χ1) is 14.5. The second-order valence-corrected chi connectivity index (χ2v) is 9.27. The van der Waals surface area contributed by atoms with Crippen molar-refractivity contribution >= 4 is 39.7 Å². The summed E-state index contributed by atoms with van der Waals surface area (Å²) in [4.78, 5) is 14.7. The van der Waals surface area contributed by atoms with Gasteiger partial charge < -0.3 is 19.7 Å². The summed E-state index contributed by atoms with van der Waals surface area (Å²) in [5.41, 5.74) is 1.70. The zero-order chi connectivity index (χ0) is 21.1. The number of nitrogens with one attached hydrogen (secondary N) is 1. The van der Waals surface area contributed by atoms with Gasteiger partial charge in [0.05, 0.1) is 38.6 Å². The Morgan fingerprint density at radius 2 is 2.10 bits per heavy atom. The van der Waals surface area contributed by atoms with Gasteiger partial charge in [-0.3, -0.25) is 4.79 Å². The summed E-state index contributed by atoms with van der Waals surface area (Å²) in [5.74, 6) is 0.606. The molecule has 2 atom stereocenters. The molecule has 2 aliphatic heterocycles. The molecule has 2 aliphatic rings. The number of halogens is 1. The maximum absolute atomic E-state index is 13.3. The molecular formula is C22H25ClN2O4S. The highest BCUT2D eigenvalue weighted by Crippen LogP contribution is 2.44. The van der Waals surface area contributed by atoms with Crippen molar-refractivity contribution in [1.82, 2.24) is 5.32 Å². The molecule has 2 aromatic rings. The molecule has 30 heavy (non-hydrogen) atoms. The molecule has 0 saturated carbocycles. The summed E-state index contributed by atoms with van der Waals surface area (Å²) in [5, 5.41) is 3.42. The highest BCUT2D eigenvalue weighted by molar-refractivity contribution is 7.85. The molecule has 2 unspecified atom stereocenters. The largest absolute Gasteiger partial charge is 0.465 e. The molecule has 0 bridgehead atoms. The Hall–Kier alpha value is -2.09. The molecule has 0 spiro atoms. The third-order valence-electron chi connectivity index (χ3n) is 5.17. The van der Waals surface area contributed by atoms with Crippen molar-refractivity contribution in [1.29, 1.82) is 0 Å². The van der Waals surface area contributed by atoms with Crippen molar-refractivity contribution in [2.75, 3.05) is 24.6 Å². The van der Waals surface area contributed by atoms with Crippen molar-refractivity contribution in [2.45, 2.75) is 48.7 Å². The average Bonchev–Trinajstić information content (AvgIpc) is 2.74. The van der Waals surface area contributed by atoms with Crippen molar-refractivity contribution in [3.05, 3.63) is 41.4 Å². The van der Waals surface area contributed by atoms with E-state index in [1.807, 2.05) is 30.3 Å². The third kappa shape index (κ3) is 4.63. The van der Waals surface area contributed by atoms with E-state index in [1.54, 1.807) is 6.07 Å². The number of benzene rings is 2. The standard InChI is InChI=1S/C22H25ClN2O4S/c1-15(26)24-10-4-11-25-18-8-7-17(29-22-5-2-3-12-28-22)14-21(18)30(27)20-9-6-16(23)13-19(20)25/h6-9,13-14,22H,2-5,10-12H2,1H3,(H,24,26). The molecule has 8 heteroatoms. The van der Waals surface area contributed by atoms with Gasteiger partial charge in [-0.2, -0.15) is 0 Å². The minimum Gasteiger partial charge on any atom is -0.465 e. The lowest BCUT2D eigenvalue weighted by atomic mass is 10.2. The number of anilines is 2. The maximum Gasteiger partial charge on any atom is 0.216 e. The number of rotatable bonds is 6. The molecule has 2 heterocycles. The first kappa shape index (κ1) is 21.2. The average molecular weight is 449 g/mol. The summed E-state index contributed by atoms with van der Waals surface area (Å²) >= 11 is 6.24. The van der Waals surface area contributed by atoms with E-state index in [0.29, 0.717) is 35.4 Å². The van der Waals surface area contributed by atoms with E-state index in [9.17, 15) is 9.00 Å². The Morgan fingerprint density at radius 3 is 2.87 bits per heavy atom. The number of ether oxygens (including phenoxy) is 2. The zero-order valence-corrected chi connectivity index (χ0v) is 18.4. The van der Waals surface area contributed by atoms with E-state index >= 15 is 0 Å². The quantitative estimate of drug-likeness (QED) is 0.664. The molecule has 0 aliphatic carbocycles. The Balaban J connectivity index is 1.62. The second-order valence-electron chi connectivity index (χ2n) is 7.41. The lowest BCUT2D eigenvalue weighted by Gasteiger charge is -2.33. The number of hydrogen-bond donors (Lipinski definition) is 1. The number of amides is 1. The Morgan fingerprint density at radius 1 is 1.23 bits per heavy atom. The summed E-state index contributed by atoms with van der Waals surface area (Å²) in [6, 6.07) is 11.1. The van der Waals surface area contributed by atoms with E-state index in [2.05, 4.69) is 10.2 Å². The normalized spacial score (nSPS) is 20.3. The number of fused-ring (bicyclic) bond motifs is 2. The van der Waals surface area contributed by atoms with Crippen LogP contribution in [0, 0.1) is 0 Å². The van der Waals surface area contributed by atoms with Crippen molar-refractivity contribution in [3.8, 4) is 5.75 Å². The van der Waals surface area contributed by atoms with Crippen LogP contribution in [0.3, 0.4) is 0 Å². The van der Waals surface area contributed by atoms with E-state index in [1.165, 1.54) is 6.92 Å². The SMILES string of the molecule is CC(=O)NCCCN1c2cc(Cl)ccc2S(=O)c2cc(OC3CCCCO3)ccc21. The monoisotopic (exact) mass is 448 g/mol. The lowest BCUT2D eigenvalue weighted by molar-refractivity contribution is -0.118. The predicted octanol–water partition coefficient (Wildman–Crippen LogP) is 4.39. The third-order valence-corrected chi connectivity index (χ3v) is 6.88. The molecule has 2 aromatic carbocycles. The molecule has 0 aromatic heterocycles. The van der Waals surface area contributed by atoms with Crippen LogP contribution in [0.4, 0.5) is 11.4 Å². The van der Waals surface area contributed by atoms with Crippen LogP contribution in [0.1, 0.15) is 32.6 Å². The van der Waals surface area contributed by atoms with E-state index in [-0.39, 0.29) is 12.2 Å². The van der Waals surface area contributed by atoms with E-state index in [4.69, 9.17) is 21.1 Å². The summed E-state index contributed by atoms with van der Waals surface area (Å²) < 4.78 is 25.0. The van der Waals surface area contributed by atoms with Crippen molar-refractivity contribution < 1.29 is 18.5 Å². The molecule has 1 amide bonds. The van der Waals surface area contributed by atoms with Gasteiger partial charge in [0.15, 0.2) is 6.29 Å². The smallest absolute Gasteiger partial charge is 0.216 e. The molecule has 1 fully saturated rings. The number of carbonyl (C=O) groups is 1. The van der Waals surface area contributed by atoms with Gasteiger partial charge in [0, 0.05) is 31.5 Å². The van der Waals surface area contributed by atoms with Gasteiger partial charge in [0.2, 0.25) is 5.91 Å².